The van der Waals surface area contributed by atoms with Gasteiger partial charge in [0.05, 0.1) is 0 Å². The normalized spacial score (nSPS) is 20.1. The molecule has 0 aliphatic carbocycles. The number of carbonyl (C=O) groups is 1. The Morgan fingerprint density at radius 3 is 2.64 bits per heavy atom. The molecule has 64 valence electrons. The van der Waals surface area contributed by atoms with Gasteiger partial charge in [-0.25, -0.2) is 0 Å². The first-order chi connectivity index (χ1) is 5.34. The lowest BCUT2D eigenvalue weighted by atomic mass is 9.94. The van der Waals surface area contributed by atoms with E-state index in [2.05, 4.69) is 0 Å². The molecule has 0 aromatic rings. The van der Waals surface area contributed by atoms with E-state index in [0.29, 0.717) is 19.6 Å². The third-order valence-electron chi connectivity index (χ3n) is 2.03. The first kappa shape index (κ1) is 8.68. The number of hydrogen-bond donors (Lipinski definition) is 1. The van der Waals surface area contributed by atoms with E-state index in [1.165, 1.54) is 0 Å². The van der Waals surface area contributed by atoms with Crippen LogP contribution in [0.5, 0.6) is 0 Å². The van der Waals surface area contributed by atoms with E-state index in [4.69, 9.17) is 9.84 Å². The summed E-state index contributed by atoms with van der Waals surface area (Å²) in [5, 5.41) is 8.52. The maximum atomic E-state index is 11.2. The van der Waals surface area contributed by atoms with Crippen molar-refractivity contribution in [2.24, 2.45) is 5.92 Å². The van der Waals surface area contributed by atoms with Crippen molar-refractivity contribution in [2.45, 2.75) is 19.3 Å². The van der Waals surface area contributed by atoms with Gasteiger partial charge in [0.25, 0.3) is 0 Å². The maximum absolute atomic E-state index is 11.2. The zero-order valence-corrected chi connectivity index (χ0v) is 6.58. The summed E-state index contributed by atoms with van der Waals surface area (Å²) in [6.07, 6.45) is 1.97. The van der Waals surface area contributed by atoms with Crippen LogP contribution in [-0.4, -0.2) is 30.7 Å². The van der Waals surface area contributed by atoms with Crippen molar-refractivity contribution in [3.63, 3.8) is 0 Å². The van der Waals surface area contributed by atoms with E-state index in [1.54, 1.807) is 0 Å². The fourth-order valence-corrected chi connectivity index (χ4v) is 1.33. The van der Waals surface area contributed by atoms with Gasteiger partial charge >= 0.3 is 0 Å². The van der Waals surface area contributed by atoms with E-state index < -0.39 is 0 Å². The number of Topliss-reactive ketones (excluding diaryl/α,β-unsaturated/α-hetero) is 1. The molecule has 1 rings (SSSR count). The molecule has 1 N–H and O–H groups in total. The summed E-state index contributed by atoms with van der Waals surface area (Å²) in [6.45, 7) is 1.37. The topological polar surface area (TPSA) is 46.5 Å². The van der Waals surface area contributed by atoms with Crippen LogP contribution in [0.1, 0.15) is 19.3 Å². The molecule has 0 amide bonds. The number of ether oxygens (including phenoxy) is 1. The number of aliphatic hydroxyl groups excluding tert-OH is 1. The highest BCUT2D eigenvalue weighted by Crippen LogP contribution is 2.16. The van der Waals surface area contributed by atoms with Gasteiger partial charge in [-0.3, -0.25) is 4.79 Å². The Morgan fingerprint density at radius 1 is 1.45 bits per heavy atom. The molecular formula is C8H14O3. The second kappa shape index (κ2) is 4.46. The van der Waals surface area contributed by atoms with Crippen LogP contribution in [0.2, 0.25) is 0 Å². The maximum Gasteiger partial charge on any atom is 0.138 e. The van der Waals surface area contributed by atoms with Gasteiger partial charge in [0.15, 0.2) is 0 Å². The predicted octanol–water partition coefficient (Wildman–Crippen LogP) is 0.365. The van der Waals surface area contributed by atoms with Gasteiger partial charge < -0.3 is 9.84 Å². The van der Waals surface area contributed by atoms with Gasteiger partial charge in [0.2, 0.25) is 0 Å². The van der Waals surface area contributed by atoms with Gasteiger partial charge in [-0.15, -0.1) is 0 Å². The highest BCUT2D eigenvalue weighted by Gasteiger charge is 2.20. The van der Waals surface area contributed by atoms with Crippen molar-refractivity contribution in [1.29, 1.82) is 0 Å². The zero-order chi connectivity index (χ0) is 8.10. The average molecular weight is 158 g/mol. The number of ketones is 1. The summed E-state index contributed by atoms with van der Waals surface area (Å²) in [6, 6.07) is 0. The number of aliphatic hydroxyl groups is 1. The first-order valence-electron chi connectivity index (χ1n) is 4.06. The van der Waals surface area contributed by atoms with Crippen LogP contribution >= 0.6 is 0 Å². The Hall–Kier alpha value is -0.410. The van der Waals surface area contributed by atoms with Crippen LogP contribution in [0, 0.1) is 5.92 Å². The van der Waals surface area contributed by atoms with Crippen LogP contribution in [-0.2, 0) is 9.53 Å². The molecule has 1 saturated heterocycles. The van der Waals surface area contributed by atoms with Crippen molar-refractivity contribution >= 4 is 5.78 Å². The van der Waals surface area contributed by atoms with E-state index in [1.807, 2.05) is 0 Å². The molecule has 0 spiro atoms. The van der Waals surface area contributed by atoms with Crippen LogP contribution in [0.25, 0.3) is 0 Å². The Bertz CT molecular complexity index is 127. The Labute approximate surface area is 66.4 Å². The third kappa shape index (κ3) is 2.60. The fraction of sp³-hybridized carbons (Fsp3) is 0.875. The van der Waals surface area contributed by atoms with Gasteiger partial charge in [-0.05, 0) is 12.8 Å². The van der Waals surface area contributed by atoms with E-state index >= 15 is 0 Å². The van der Waals surface area contributed by atoms with Gasteiger partial charge in [0, 0.05) is 32.2 Å². The van der Waals surface area contributed by atoms with Crippen molar-refractivity contribution in [1.82, 2.24) is 0 Å². The molecule has 11 heavy (non-hydrogen) atoms. The minimum absolute atomic E-state index is 0.0177. The fourth-order valence-electron chi connectivity index (χ4n) is 1.33. The molecule has 0 bridgehead atoms. The lowest BCUT2D eigenvalue weighted by Crippen LogP contribution is -2.23. The molecule has 0 aromatic heterocycles. The summed E-state index contributed by atoms with van der Waals surface area (Å²) >= 11 is 0. The number of carbonyl (C=O) groups excluding carboxylic acids is 1. The second-order valence-electron chi connectivity index (χ2n) is 2.83. The summed E-state index contributed by atoms with van der Waals surface area (Å²) < 4.78 is 5.11. The molecule has 0 aromatic carbocycles. The van der Waals surface area contributed by atoms with Gasteiger partial charge in [-0.2, -0.15) is 0 Å². The molecular weight excluding hydrogens is 144 g/mol. The summed E-state index contributed by atoms with van der Waals surface area (Å²) in [5.74, 6) is 0.340. The molecule has 1 aliphatic heterocycles. The van der Waals surface area contributed by atoms with Crippen molar-refractivity contribution in [3.8, 4) is 0 Å². The molecule has 0 atom stereocenters. The first-order valence-corrected chi connectivity index (χ1v) is 4.06. The van der Waals surface area contributed by atoms with Crippen LogP contribution in [0.15, 0.2) is 0 Å². The van der Waals surface area contributed by atoms with Crippen LogP contribution in [0.4, 0.5) is 0 Å². The largest absolute Gasteiger partial charge is 0.396 e. The smallest absolute Gasteiger partial charge is 0.138 e. The Morgan fingerprint density at radius 2 is 2.09 bits per heavy atom. The van der Waals surface area contributed by atoms with Crippen molar-refractivity contribution < 1.29 is 14.6 Å². The number of rotatable bonds is 3. The quantitative estimate of drug-likeness (QED) is 0.645. The van der Waals surface area contributed by atoms with Gasteiger partial charge in [-0.1, -0.05) is 0 Å². The van der Waals surface area contributed by atoms with Crippen molar-refractivity contribution in [2.75, 3.05) is 19.8 Å². The SMILES string of the molecule is O=C(CCO)C1CCOCC1. The molecule has 0 radical (unpaired) electrons. The van der Waals surface area contributed by atoms with Crippen molar-refractivity contribution in [3.05, 3.63) is 0 Å². The minimum atomic E-state index is -0.0177. The number of hydrogen-bond acceptors (Lipinski definition) is 3. The standard InChI is InChI=1S/C8H14O3/c9-4-1-8(10)7-2-5-11-6-3-7/h7,9H,1-6H2. The zero-order valence-electron chi connectivity index (χ0n) is 6.58. The van der Waals surface area contributed by atoms with Crippen LogP contribution < -0.4 is 0 Å². The molecule has 0 unspecified atom stereocenters. The summed E-state index contributed by atoms with van der Waals surface area (Å²) in [7, 11) is 0. The van der Waals surface area contributed by atoms with Gasteiger partial charge in [0.1, 0.15) is 5.78 Å². The molecule has 3 nitrogen and oxygen atoms in total. The van der Waals surface area contributed by atoms with Crippen LogP contribution in [0.3, 0.4) is 0 Å². The molecule has 3 heteroatoms. The highest BCUT2D eigenvalue weighted by atomic mass is 16.5. The predicted molar refractivity (Wildman–Crippen MR) is 40.3 cm³/mol. The molecule has 0 saturated carbocycles. The molecule has 1 heterocycles. The Balaban J connectivity index is 2.27. The summed E-state index contributed by atoms with van der Waals surface area (Å²) in [5.41, 5.74) is 0. The highest BCUT2D eigenvalue weighted by molar-refractivity contribution is 5.81. The average Bonchev–Trinajstić information content (AvgIpc) is 2.07. The summed E-state index contributed by atoms with van der Waals surface area (Å²) in [4.78, 5) is 11.2. The minimum Gasteiger partial charge on any atom is -0.396 e. The second-order valence-corrected chi connectivity index (χ2v) is 2.83. The van der Waals surface area contributed by atoms with E-state index in [0.717, 1.165) is 12.8 Å². The molecule has 1 aliphatic rings. The lowest BCUT2D eigenvalue weighted by molar-refractivity contribution is -0.126. The molecule has 1 fully saturated rings. The van der Waals surface area contributed by atoms with E-state index in [9.17, 15) is 4.79 Å². The monoisotopic (exact) mass is 158 g/mol. The van der Waals surface area contributed by atoms with E-state index in [-0.39, 0.29) is 18.3 Å². The Kier molecular flexibility index (Phi) is 3.52. The third-order valence-corrected chi connectivity index (χ3v) is 2.03. The lowest BCUT2D eigenvalue weighted by Gasteiger charge is -2.20.